The van der Waals surface area contributed by atoms with Crippen LogP contribution in [0.25, 0.3) is 0 Å². The van der Waals surface area contributed by atoms with Gasteiger partial charge in [0.05, 0.1) is 12.7 Å². The molecule has 1 aliphatic rings. The number of esters is 1. The van der Waals surface area contributed by atoms with Crippen LogP contribution in [0.3, 0.4) is 0 Å². The van der Waals surface area contributed by atoms with Crippen LogP contribution in [0.2, 0.25) is 0 Å². The molecule has 1 aliphatic heterocycles. The van der Waals surface area contributed by atoms with Gasteiger partial charge in [0.25, 0.3) is 0 Å². The van der Waals surface area contributed by atoms with Crippen LogP contribution in [0.15, 0.2) is 0 Å². The predicted octanol–water partition coefficient (Wildman–Crippen LogP) is 2.70. The van der Waals surface area contributed by atoms with Crippen LogP contribution in [0.1, 0.15) is 87.0 Å². The van der Waals surface area contributed by atoms with Gasteiger partial charge in [-0.2, -0.15) is 0 Å². The first-order chi connectivity index (χ1) is 17.0. The fourth-order valence-electron chi connectivity index (χ4n) is 3.55. The maximum atomic E-state index is 12.6. The molecule has 1 rings (SSSR count). The number of hydrogen-bond donors (Lipinski definition) is 3. The SMILES string of the molecule is CC(C)(C)OC(=O)CCCCC(O)CC(=O)SCCNC(=O)CCNC(=O)C1OC(C)(C)OCC1(C)C. The summed E-state index contributed by atoms with van der Waals surface area (Å²) < 4.78 is 16.6. The van der Waals surface area contributed by atoms with Crippen molar-refractivity contribution in [2.24, 2.45) is 5.41 Å². The van der Waals surface area contributed by atoms with Crippen LogP contribution in [0, 0.1) is 5.41 Å². The molecule has 0 aromatic carbocycles. The molecule has 0 spiro atoms. The van der Waals surface area contributed by atoms with E-state index in [2.05, 4.69) is 10.6 Å². The lowest BCUT2D eigenvalue weighted by molar-refractivity contribution is -0.304. The van der Waals surface area contributed by atoms with Crippen molar-refractivity contribution in [3.8, 4) is 0 Å². The van der Waals surface area contributed by atoms with Crippen molar-refractivity contribution >= 4 is 34.7 Å². The first kappa shape index (κ1) is 33.3. The van der Waals surface area contributed by atoms with Crippen molar-refractivity contribution in [1.82, 2.24) is 10.6 Å². The van der Waals surface area contributed by atoms with Crippen LogP contribution in [-0.2, 0) is 33.4 Å². The normalized spacial score (nSPS) is 19.5. The number of carbonyl (C=O) groups is 4. The zero-order chi connectivity index (χ0) is 28.3. The average Bonchev–Trinajstić information content (AvgIpc) is 2.75. The number of hydrogen-bond acceptors (Lipinski definition) is 9. The molecule has 0 bridgehead atoms. The molecule has 0 aliphatic carbocycles. The van der Waals surface area contributed by atoms with E-state index >= 15 is 0 Å². The molecule has 10 nitrogen and oxygen atoms in total. The molecule has 0 radical (unpaired) electrons. The van der Waals surface area contributed by atoms with Crippen LogP contribution in [0.5, 0.6) is 0 Å². The average molecular weight is 547 g/mol. The maximum Gasteiger partial charge on any atom is 0.306 e. The molecule has 214 valence electrons. The standard InChI is InChI=1S/C26H46N2O8S/c1-24(2,3)35-20(31)11-9-8-10-18(29)16-21(32)37-15-14-27-19(30)12-13-28-23(33)22-25(4,5)17-34-26(6,7)36-22/h18,22,29H,8-17H2,1-7H3,(H,27,30)(H,28,33). The number of thioether (sulfide) groups is 1. The molecule has 0 aromatic rings. The van der Waals surface area contributed by atoms with Crippen molar-refractivity contribution in [1.29, 1.82) is 0 Å². The number of carbonyl (C=O) groups excluding carboxylic acids is 4. The summed E-state index contributed by atoms with van der Waals surface area (Å²) in [7, 11) is 0. The zero-order valence-corrected chi connectivity index (χ0v) is 24.3. The number of ether oxygens (including phenoxy) is 3. The summed E-state index contributed by atoms with van der Waals surface area (Å²) in [6.45, 7) is 13.6. The van der Waals surface area contributed by atoms with Gasteiger partial charge in [-0.25, -0.2) is 0 Å². The molecule has 1 heterocycles. The lowest BCUT2D eigenvalue weighted by atomic mass is 9.85. The second-order valence-corrected chi connectivity index (χ2v) is 12.6. The summed E-state index contributed by atoms with van der Waals surface area (Å²) in [5.74, 6) is -1.23. The Balaban J connectivity index is 2.13. The van der Waals surface area contributed by atoms with Gasteiger partial charge in [-0.1, -0.05) is 32.0 Å². The molecule has 1 saturated heterocycles. The summed E-state index contributed by atoms with van der Waals surface area (Å²) in [6, 6.07) is 0. The highest BCUT2D eigenvalue weighted by Gasteiger charge is 2.45. The van der Waals surface area contributed by atoms with Crippen molar-refractivity contribution in [3.63, 3.8) is 0 Å². The number of unbranched alkanes of at least 4 members (excludes halogenated alkanes) is 1. The second kappa shape index (κ2) is 15.0. The molecule has 37 heavy (non-hydrogen) atoms. The maximum absolute atomic E-state index is 12.6. The highest BCUT2D eigenvalue weighted by Crippen LogP contribution is 2.34. The number of rotatable bonds is 14. The van der Waals surface area contributed by atoms with E-state index in [1.807, 2.05) is 34.6 Å². The number of amides is 2. The Hall–Kier alpha value is -1.69. The molecule has 1 fully saturated rings. The van der Waals surface area contributed by atoms with Crippen LogP contribution in [-0.4, -0.2) is 77.1 Å². The lowest BCUT2D eigenvalue weighted by Crippen LogP contribution is -2.56. The van der Waals surface area contributed by atoms with Gasteiger partial charge in [-0.3, -0.25) is 19.2 Å². The van der Waals surface area contributed by atoms with E-state index in [-0.39, 0.29) is 48.7 Å². The Kier molecular flexibility index (Phi) is 13.6. The van der Waals surface area contributed by atoms with Crippen LogP contribution >= 0.6 is 11.8 Å². The van der Waals surface area contributed by atoms with Crippen LogP contribution < -0.4 is 10.6 Å². The van der Waals surface area contributed by atoms with Gasteiger partial charge < -0.3 is 30.0 Å². The highest BCUT2D eigenvalue weighted by atomic mass is 32.2. The van der Waals surface area contributed by atoms with Gasteiger partial charge in [0.15, 0.2) is 10.9 Å². The molecular weight excluding hydrogens is 500 g/mol. The van der Waals surface area contributed by atoms with E-state index in [0.29, 0.717) is 38.2 Å². The quantitative estimate of drug-likeness (QED) is 0.222. The molecule has 2 amide bonds. The molecule has 2 atom stereocenters. The molecule has 3 N–H and O–H groups in total. The number of aliphatic hydroxyl groups excluding tert-OH is 1. The molecule has 11 heteroatoms. The van der Waals surface area contributed by atoms with Crippen molar-refractivity contribution in [2.45, 2.75) is 111 Å². The topological polar surface area (TPSA) is 140 Å². The van der Waals surface area contributed by atoms with Gasteiger partial charge >= 0.3 is 5.97 Å². The van der Waals surface area contributed by atoms with E-state index in [1.165, 1.54) is 0 Å². The first-order valence-corrected chi connectivity index (χ1v) is 13.9. The van der Waals surface area contributed by atoms with E-state index in [4.69, 9.17) is 14.2 Å². The second-order valence-electron chi connectivity index (χ2n) is 11.5. The van der Waals surface area contributed by atoms with Crippen molar-refractivity contribution < 1.29 is 38.5 Å². The largest absolute Gasteiger partial charge is 0.460 e. The van der Waals surface area contributed by atoms with Crippen molar-refractivity contribution in [3.05, 3.63) is 0 Å². The fraction of sp³-hybridized carbons (Fsp3) is 0.846. The van der Waals surface area contributed by atoms with E-state index in [0.717, 1.165) is 11.8 Å². The Morgan fingerprint density at radius 2 is 1.73 bits per heavy atom. The molecule has 0 aromatic heterocycles. The Labute approximate surface area is 225 Å². The zero-order valence-electron chi connectivity index (χ0n) is 23.4. The fourth-order valence-corrected chi connectivity index (χ4v) is 4.29. The van der Waals surface area contributed by atoms with Gasteiger partial charge in [-0.05, 0) is 47.5 Å². The van der Waals surface area contributed by atoms with Gasteiger partial charge in [0, 0.05) is 43.5 Å². The summed E-state index contributed by atoms with van der Waals surface area (Å²) in [4.78, 5) is 48.3. The first-order valence-electron chi connectivity index (χ1n) is 12.9. The Morgan fingerprint density at radius 1 is 1.05 bits per heavy atom. The third-order valence-corrected chi connectivity index (χ3v) is 6.37. The molecule has 2 unspecified atom stereocenters. The highest BCUT2D eigenvalue weighted by molar-refractivity contribution is 8.13. The van der Waals surface area contributed by atoms with Gasteiger partial charge in [0.1, 0.15) is 11.7 Å². The number of nitrogens with one attached hydrogen (secondary N) is 2. The van der Waals surface area contributed by atoms with E-state index < -0.39 is 29.0 Å². The minimum atomic E-state index is -0.845. The minimum Gasteiger partial charge on any atom is -0.460 e. The van der Waals surface area contributed by atoms with Crippen LogP contribution in [0.4, 0.5) is 0 Å². The van der Waals surface area contributed by atoms with Crippen molar-refractivity contribution in [2.75, 3.05) is 25.4 Å². The van der Waals surface area contributed by atoms with Gasteiger partial charge in [0.2, 0.25) is 11.8 Å². The smallest absolute Gasteiger partial charge is 0.306 e. The van der Waals surface area contributed by atoms with E-state index in [9.17, 15) is 24.3 Å². The monoisotopic (exact) mass is 546 g/mol. The minimum absolute atomic E-state index is 0.0263. The summed E-state index contributed by atoms with van der Waals surface area (Å²) >= 11 is 1.06. The van der Waals surface area contributed by atoms with E-state index in [1.54, 1.807) is 13.8 Å². The third-order valence-electron chi connectivity index (χ3n) is 5.47. The summed E-state index contributed by atoms with van der Waals surface area (Å²) in [5.41, 5.74) is -0.996. The molecular formula is C26H46N2O8S. The summed E-state index contributed by atoms with van der Waals surface area (Å²) in [5, 5.41) is 15.4. The molecule has 0 saturated carbocycles. The third kappa shape index (κ3) is 14.7. The van der Waals surface area contributed by atoms with Gasteiger partial charge in [-0.15, -0.1) is 0 Å². The lowest BCUT2D eigenvalue weighted by Gasteiger charge is -2.44. The Bertz CT molecular complexity index is 779. The predicted molar refractivity (Wildman–Crippen MR) is 142 cm³/mol. The number of aliphatic hydroxyl groups is 1. The Morgan fingerprint density at radius 3 is 2.38 bits per heavy atom. The summed E-state index contributed by atoms with van der Waals surface area (Å²) in [6.07, 6.45) is 0.644.